The third-order valence-corrected chi connectivity index (χ3v) is 11.2. The molecule has 0 saturated heterocycles. The summed E-state index contributed by atoms with van der Waals surface area (Å²) in [5.41, 5.74) is 1.86. The molecule has 0 aromatic heterocycles. The standard InChI is InChI=1S/C29H38O3S/c1-18(30)27-26(33-22-8-6-5-7-9-22)17-25-23-11-10-20-16-21(32-19(2)31)12-14-28(20,3)24(23)13-15-29(25,27)4/h5-10,21,23-27H,11-17H2,1-4H3/t21?,23-,24+,25+,26?,27+,28+,29+/m1/s1. The van der Waals surface area contributed by atoms with Crippen LogP contribution in [0, 0.1) is 34.5 Å². The first-order valence-electron chi connectivity index (χ1n) is 12.8. The Hall–Kier alpha value is -1.55. The number of benzene rings is 1. The zero-order valence-corrected chi connectivity index (χ0v) is 21.3. The number of thioether (sulfide) groups is 1. The molecule has 4 aliphatic carbocycles. The van der Waals surface area contributed by atoms with Crippen molar-refractivity contribution in [2.24, 2.45) is 34.5 Å². The zero-order valence-electron chi connectivity index (χ0n) is 20.5. The fourth-order valence-corrected chi connectivity index (χ4v) is 10.1. The van der Waals surface area contributed by atoms with Gasteiger partial charge in [-0.3, -0.25) is 9.59 Å². The van der Waals surface area contributed by atoms with E-state index >= 15 is 0 Å². The average molecular weight is 467 g/mol. The average Bonchev–Trinajstić information content (AvgIpc) is 3.06. The minimum atomic E-state index is -0.158. The second-order valence-electron chi connectivity index (χ2n) is 11.6. The highest BCUT2D eigenvalue weighted by Crippen LogP contribution is 2.67. The summed E-state index contributed by atoms with van der Waals surface area (Å²) in [6.07, 6.45) is 10.2. The lowest BCUT2D eigenvalue weighted by Gasteiger charge is -2.58. The molecule has 0 spiro atoms. The number of ether oxygens (including phenoxy) is 1. The van der Waals surface area contributed by atoms with Crippen molar-refractivity contribution < 1.29 is 14.3 Å². The summed E-state index contributed by atoms with van der Waals surface area (Å²) in [7, 11) is 0. The fourth-order valence-electron chi connectivity index (χ4n) is 8.47. The highest BCUT2D eigenvalue weighted by molar-refractivity contribution is 8.00. The van der Waals surface area contributed by atoms with Crippen LogP contribution in [-0.4, -0.2) is 23.1 Å². The quantitative estimate of drug-likeness (QED) is 0.359. The Kier molecular flexibility index (Phi) is 6.04. The van der Waals surface area contributed by atoms with Gasteiger partial charge in [0.25, 0.3) is 0 Å². The van der Waals surface area contributed by atoms with Crippen molar-refractivity contribution in [2.45, 2.75) is 88.9 Å². The Morgan fingerprint density at radius 2 is 1.79 bits per heavy atom. The maximum absolute atomic E-state index is 13.0. The molecule has 3 fully saturated rings. The van der Waals surface area contributed by atoms with Crippen molar-refractivity contribution in [1.29, 1.82) is 0 Å². The van der Waals surface area contributed by atoms with E-state index in [2.05, 4.69) is 50.3 Å². The largest absolute Gasteiger partial charge is 0.462 e. The van der Waals surface area contributed by atoms with E-state index in [4.69, 9.17) is 4.74 Å². The highest BCUT2D eigenvalue weighted by Gasteiger charge is 2.62. The van der Waals surface area contributed by atoms with E-state index < -0.39 is 0 Å². The molecule has 2 unspecified atom stereocenters. The van der Waals surface area contributed by atoms with Gasteiger partial charge in [0.1, 0.15) is 11.9 Å². The second-order valence-corrected chi connectivity index (χ2v) is 12.9. The van der Waals surface area contributed by atoms with Gasteiger partial charge in [0, 0.05) is 29.4 Å². The molecule has 0 N–H and O–H groups in total. The normalized spacial score (nSPS) is 41.9. The Morgan fingerprint density at radius 3 is 2.48 bits per heavy atom. The molecule has 33 heavy (non-hydrogen) atoms. The number of hydrogen-bond acceptors (Lipinski definition) is 4. The van der Waals surface area contributed by atoms with Crippen molar-refractivity contribution >= 4 is 23.5 Å². The predicted molar refractivity (Wildman–Crippen MR) is 133 cm³/mol. The van der Waals surface area contributed by atoms with E-state index in [1.165, 1.54) is 23.8 Å². The first-order chi connectivity index (χ1) is 15.7. The molecule has 0 radical (unpaired) electrons. The summed E-state index contributed by atoms with van der Waals surface area (Å²) in [5, 5.41) is 0.372. The van der Waals surface area contributed by atoms with Gasteiger partial charge in [-0.2, -0.15) is 0 Å². The summed E-state index contributed by atoms with van der Waals surface area (Å²) in [6.45, 7) is 8.27. The molecule has 3 saturated carbocycles. The van der Waals surface area contributed by atoms with E-state index in [-0.39, 0.29) is 28.8 Å². The maximum Gasteiger partial charge on any atom is 0.302 e. The molecule has 8 atom stereocenters. The van der Waals surface area contributed by atoms with Crippen LogP contribution in [-0.2, 0) is 14.3 Å². The first-order valence-corrected chi connectivity index (χ1v) is 13.7. The first kappa shape index (κ1) is 23.2. The van der Waals surface area contributed by atoms with Crippen LogP contribution in [0.5, 0.6) is 0 Å². The summed E-state index contributed by atoms with van der Waals surface area (Å²) >= 11 is 1.93. The van der Waals surface area contributed by atoms with Gasteiger partial charge in [-0.15, -0.1) is 11.8 Å². The van der Waals surface area contributed by atoms with E-state index in [0.717, 1.165) is 38.5 Å². The second kappa shape index (κ2) is 8.59. The van der Waals surface area contributed by atoms with Crippen LogP contribution < -0.4 is 0 Å². The van der Waals surface area contributed by atoms with Crippen molar-refractivity contribution in [3.05, 3.63) is 42.0 Å². The molecule has 0 aliphatic heterocycles. The summed E-state index contributed by atoms with van der Waals surface area (Å²) < 4.78 is 5.60. The van der Waals surface area contributed by atoms with Crippen molar-refractivity contribution in [3.63, 3.8) is 0 Å². The number of carbonyl (C=O) groups is 2. The van der Waals surface area contributed by atoms with Gasteiger partial charge in [-0.05, 0) is 86.2 Å². The van der Waals surface area contributed by atoms with Gasteiger partial charge in [0.2, 0.25) is 0 Å². The zero-order chi connectivity index (χ0) is 23.4. The van der Waals surface area contributed by atoms with Gasteiger partial charge >= 0.3 is 5.97 Å². The molecular formula is C29H38O3S. The van der Waals surface area contributed by atoms with Gasteiger partial charge in [-0.1, -0.05) is 43.7 Å². The molecule has 178 valence electrons. The molecule has 0 bridgehead atoms. The molecule has 1 aromatic carbocycles. The molecule has 5 rings (SSSR count). The Bertz CT molecular complexity index is 955. The number of esters is 1. The smallest absolute Gasteiger partial charge is 0.302 e. The lowest BCUT2D eigenvalue weighted by Crippen LogP contribution is -2.51. The van der Waals surface area contributed by atoms with Crippen molar-refractivity contribution in [3.8, 4) is 0 Å². The number of carbonyl (C=O) groups excluding carboxylic acids is 2. The van der Waals surface area contributed by atoms with Crippen LogP contribution in [0.15, 0.2) is 46.9 Å². The topological polar surface area (TPSA) is 43.4 Å². The summed E-state index contributed by atoms with van der Waals surface area (Å²) in [4.78, 5) is 25.8. The number of ketones is 1. The molecule has 4 aliphatic rings. The Balaban J connectivity index is 1.42. The fraction of sp³-hybridized carbons (Fsp3) is 0.655. The third-order valence-electron chi connectivity index (χ3n) is 9.87. The van der Waals surface area contributed by atoms with Gasteiger partial charge in [-0.25, -0.2) is 0 Å². The minimum absolute atomic E-state index is 0.0486. The summed E-state index contributed by atoms with van der Waals surface area (Å²) in [6, 6.07) is 10.6. The maximum atomic E-state index is 13.0. The molecule has 1 aromatic rings. The highest BCUT2D eigenvalue weighted by atomic mass is 32.2. The van der Waals surface area contributed by atoms with E-state index in [1.807, 2.05) is 18.7 Å². The van der Waals surface area contributed by atoms with Crippen LogP contribution in [0.1, 0.15) is 72.6 Å². The Labute approximate surface area is 203 Å². The minimum Gasteiger partial charge on any atom is -0.462 e. The third kappa shape index (κ3) is 3.90. The van der Waals surface area contributed by atoms with E-state index in [9.17, 15) is 9.59 Å². The number of rotatable bonds is 4. The number of allylic oxidation sites excluding steroid dienone is 1. The molecule has 3 nitrogen and oxygen atoms in total. The van der Waals surface area contributed by atoms with Crippen molar-refractivity contribution in [2.75, 3.05) is 0 Å². The predicted octanol–water partition coefficient (Wildman–Crippen LogP) is 6.86. The Morgan fingerprint density at radius 1 is 1.03 bits per heavy atom. The molecule has 0 heterocycles. The molecular weight excluding hydrogens is 428 g/mol. The van der Waals surface area contributed by atoms with Crippen LogP contribution >= 0.6 is 11.8 Å². The SMILES string of the molecule is CC(=O)OC1CC[C@@]2(C)C(=CC[C@H]3[C@@H]4CC(Sc5ccccc5)[C@H](C(C)=O)[C@@]4(C)CC[C@@H]32)C1. The lowest BCUT2D eigenvalue weighted by atomic mass is 9.47. The monoisotopic (exact) mass is 466 g/mol. The van der Waals surface area contributed by atoms with Gasteiger partial charge in [0.05, 0.1) is 0 Å². The van der Waals surface area contributed by atoms with Crippen LogP contribution in [0.4, 0.5) is 0 Å². The number of fused-ring (bicyclic) bond motifs is 5. The van der Waals surface area contributed by atoms with Crippen LogP contribution in [0.3, 0.4) is 0 Å². The number of Topliss-reactive ketones (excluding diaryl/α,β-unsaturated/α-hetero) is 1. The summed E-state index contributed by atoms with van der Waals surface area (Å²) in [5.74, 6) is 2.31. The van der Waals surface area contributed by atoms with Crippen LogP contribution in [0.25, 0.3) is 0 Å². The van der Waals surface area contributed by atoms with Gasteiger partial charge in [0.15, 0.2) is 0 Å². The lowest BCUT2D eigenvalue weighted by molar-refractivity contribution is -0.149. The molecule has 0 amide bonds. The molecule has 4 heteroatoms. The van der Waals surface area contributed by atoms with E-state index in [1.54, 1.807) is 0 Å². The van der Waals surface area contributed by atoms with Crippen LogP contribution in [0.2, 0.25) is 0 Å². The number of hydrogen-bond donors (Lipinski definition) is 0. The van der Waals surface area contributed by atoms with Gasteiger partial charge < -0.3 is 4.74 Å². The van der Waals surface area contributed by atoms with E-state index in [0.29, 0.717) is 28.8 Å². The van der Waals surface area contributed by atoms with Crippen molar-refractivity contribution in [1.82, 2.24) is 0 Å².